The Morgan fingerprint density at radius 3 is 2.86 bits per heavy atom. The van der Waals surface area contributed by atoms with Crippen molar-refractivity contribution in [3.05, 3.63) is 39.2 Å². The van der Waals surface area contributed by atoms with E-state index in [1.54, 1.807) is 13.0 Å². The lowest BCUT2D eigenvalue weighted by molar-refractivity contribution is -0.116. The largest absolute Gasteiger partial charge is 0.465 e. The van der Waals surface area contributed by atoms with E-state index in [9.17, 15) is 14.9 Å². The van der Waals surface area contributed by atoms with Gasteiger partial charge in [-0.3, -0.25) is 9.69 Å². The van der Waals surface area contributed by atoms with Crippen LogP contribution in [-0.2, 0) is 28.9 Å². The lowest BCUT2D eigenvalue weighted by atomic mass is 9.96. The standard InChI is InChI=1S/C21H25N3O4S/c1-13-16(21(26)27-3)10-14(28-13)12-24(2)9-8-19(25)23-20-17(11-22)15-6-4-5-7-18(15)29-20/h10H,4-9,12H2,1-3H3,(H,23,25). The molecule has 0 bridgehead atoms. The number of amides is 1. The molecule has 2 aromatic heterocycles. The number of anilines is 1. The fourth-order valence-corrected chi connectivity index (χ4v) is 4.79. The molecule has 8 heteroatoms. The van der Waals surface area contributed by atoms with Gasteiger partial charge in [-0.1, -0.05) is 0 Å². The Kier molecular flexibility index (Phi) is 6.72. The molecule has 0 aliphatic heterocycles. The molecule has 1 N–H and O–H groups in total. The van der Waals surface area contributed by atoms with Crippen LogP contribution in [0, 0.1) is 18.3 Å². The van der Waals surface area contributed by atoms with Crippen molar-refractivity contribution in [2.75, 3.05) is 26.0 Å². The van der Waals surface area contributed by atoms with Gasteiger partial charge in [0.1, 0.15) is 28.2 Å². The summed E-state index contributed by atoms with van der Waals surface area (Å²) in [6.45, 7) is 2.71. The molecule has 7 nitrogen and oxygen atoms in total. The highest BCUT2D eigenvalue weighted by Gasteiger charge is 2.22. The summed E-state index contributed by atoms with van der Waals surface area (Å²) >= 11 is 1.53. The molecule has 2 aromatic rings. The normalized spacial score (nSPS) is 13.1. The Bertz CT molecular complexity index is 954. The van der Waals surface area contributed by atoms with E-state index in [4.69, 9.17) is 9.15 Å². The van der Waals surface area contributed by atoms with E-state index in [2.05, 4.69) is 11.4 Å². The van der Waals surface area contributed by atoms with Crippen LogP contribution in [0.1, 0.15) is 57.1 Å². The number of rotatable bonds is 7. The highest BCUT2D eigenvalue weighted by molar-refractivity contribution is 7.16. The van der Waals surface area contributed by atoms with Crippen molar-refractivity contribution in [1.29, 1.82) is 5.26 Å². The average molecular weight is 416 g/mol. The summed E-state index contributed by atoms with van der Waals surface area (Å²) in [4.78, 5) is 27.3. The second-order valence-corrected chi connectivity index (χ2v) is 8.34. The molecule has 0 unspecified atom stereocenters. The number of fused-ring (bicyclic) bond motifs is 1. The summed E-state index contributed by atoms with van der Waals surface area (Å²) in [7, 11) is 3.22. The van der Waals surface area contributed by atoms with Crippen LogP contribution in [0.25, 0.3) is 0 Å². The van der Waals surface area contributed by atoms with E-state index < -0.39 is 5.97 Å². The van der Waals surface area contributed by atoms with Gasteiger partial charge in [-0.25, -0.2) is 4.79 Å². The number of carbonyl (C=O) groups excluding carboxylic acids is 2. The zero-order valence-corrected chi connectivity index (χ0v) is 17.8. The van der Waals surface area contributed by atoms with Gasteiger partial charge >= 0.3 is 5.97 Å². The maximum atomic E-state index is 12.4. The predicted octanol–water partition coefficient (Wildman–Crippen LogP) is 3.65. The number of aryl methyl sites for hydroxylation is 2. The molecule has 0 saturated heterocycles. The molecular formula is C21H25N3O4S. The minimum absolute atomic E-state index is 0.113. The fourth-order valence-electron chi connectivity index (χ4n) is 3.53. The van der Waals surface area contributed by atoms with Crippen LogP contribution in [0.3, 0.4) is 0 Å². The summed E-state index contributed by atoms with van der Waals surface area (Å²) in [6.07, 6.45) is 4.45. The number of hydrogen-bond donors (Lipinski definition) is 1. The van der Waals surface area contributed by atoms with Gasteiger partial charge in [0.15, 0.2) is 0 Å². The number of thiophene rings is 1. The van der Waals surface area contributed by atoms with Gasteiger partial charge in [0.25, 0.3) is 0 Å². The Balaban J connectivity index is 1.54. The topological polar surface area (TPSA) is 95.6 Å². The van der Waals surface area contributed by atoms with E-state index in [0.717, 1.165) is 31.2 Å². The molecule has 0 atom stereocenters. The molecule has 0 spiro atoms. The first-order valence-corrected chi connectivity index (χ1v) is 10.4. The molecule has 154 valence electrons. The third-order valence-corrected chi connectivity index (χ3v) is 6.26. The molecule has 0 aromatic carbocycles. The van der Waals surface area contributed by atoms with Crippen LogP contribution < -0.4 is 5.32 Å². The van der Waals surface area contributed by atoms with E-state index in [1.807, 2.05) is 11.9 Å². The minimum atomic E-state index is -0.425. The number of methoxy groups -OCH3 is 1. The molecule has 1 aliphatic carbocycles. The number of furan rings is 1. The van der Waals surface area contributed by atoms with Crippen LogP contribution in [0.15, 0.2) is 10.5 Å². The van der Waals surface area contributed by atoms with E-state index in [-0.39, 0.29) is 5.91 Å². The summed E-state index contributed by atoms with van der Waals surface area (Å²) in [5.41, 5.74) is 2.16. The quantitative estimate of drug-likeness (QED) is 0.694. The Hall–Kier alpha value is -2.63. The molecule has 2 heterocycles. The highest BCUT2D eigenvalue weighted by atomic mass is 32.1. The summed E-state index contributed by atoms with van der Waals surface area (Å²) in [5, 5.41) is 13.1. The second kappa shape index (κ2) is 9.25. The Labute approximate surface area is 174 Å². The maximum absolute atomic E-state index is 12.4. The summed E-state index contributed by atoms with van der Waals surface area (Å²) in [6, 6.07) is 3.94. The Morgan fingerprint density at radius 1 is 1.38 bits per heavy atom. The number of nitriles is 1. The predicted molar refractivity (Wildman–Crippen MR) is 110 cm³/mol. The summed E-state index contributed by atoms with van der Waals surface area (Å²) < 4.78 is 10.3. The molecule has 0 saturated carbocycles. The third-order valence-electron chi connectivity index (χ3n) is 5.06. The van der Waals surface area contributed by atoms with E-state index >= 15 is 0 Å². The molecule has 29 heavy (non-hydrogen) atoms. The Morgan fingerprint density at radius 2 is 2.14 bits per heavy atom. The number of nitrogens with one attached hydrogen (secondary N) is 1. The molecule has 0 radical (unpaired) electrons. The lowest BCUT2D eigenvalue weighted by Crippen LogP contribution is -2.23. The van der Waals surface area contributed by atoms with Crippen molar-refractivity contribution < 1.29 is 18.7 Å². The number of hydrogen-bond acceptors (Lipinski definition) is 7. The highest BCUT2D eigenvalue weighted by Crippen LogP contribution is 2.37. The second-order valence-electron chi connectivity index (χ2n) is 7.24. The SMILES string of the molecule is COC(=O)c1cc(CN(C)CCC(=O)Nc2sc3c(c2C#N)CCCC3)oc1C. The fraction of sp³-hybridized carbons (Fsp3) is 0.476. The van der Waals surface area contributed by atoms with Gasteiger partial charge in [-0.15, -0.1) is 11.3 Å². The third kappa shape index (κ3) is 4.86. The van der Waals surface area contributed by atoms with Gasteiger partial charge in [0.2, 0.25) is 5.91 Å². The van der Waals surface area contributed by atoms with E-state index in [0.29, 0.717) is 47.2 Å². The average Bonchev–Trinajstić information content (AvgIpc) is 3.24. The molecule has 0 fully saturated rings. The number of esters is 1. The maximum Gasteiger partial charge on any atom is 0.341 e. The first kappa shape index (κ1) is 21.1. The van der Waals surface area contributed by atoms with Gasteiger partial charge in [0, 0.05) is 17.8 Å². The molecule has 3 rings (SSSR count). The van der Waals surface area contributed by atoms with Crippen molar-refractivity contribution in [2.45, 2.75) is 45.6 Å². The summed E-state index contributed by atoms with van der Waals surface area (Å²) in [5.74, 6) is 0.622. The minimum Gasteiger partial charge on any atom is -0.465 e. The van der Waals surface area contributed by atoms with Gasteiger partial charge in [-0.05, 0) is 51.3 Å². The molecule has 1 amide bonds. The van der Waals surface area contributed by atoms with Crippen LogP contribution in [0.2, 0.25) is 0 Å². The first-order valence-electron chi connectivity index (χ1n) is 9.63. The van der Waals surface area contributed by atoms with Crippen LogP contribution in [0.4, 0.5) is 5.00 Å². The monoisotopic (exact) mass is 415 g/mol. The van der Waals surface area contributed by atoms with E-state index in [1.165, 1.54) is 23.3 Å². The zero-order valence-electron chi connectivity index (χ0n) is 17.0. The van der Waals surface area contributed by atoms with Crippen molar-refractivity contribution >= 4 is 28.2 Å². The van der Waals surface area contributed by atoms with Crippen molar-refractivity contribution in [3.63, 3.8) is 0 Å². The molecular weight excluding hydrogens is 390 g/mol. The number of carbonyl (C=O) groups is 2. The number of nitrogens with zero attached hydrogens (tertiary/aromatic N) is 2. The van der Waals surface area contributed by atoms with Crippen molar-refractivity contribution in [2.24, 2.45) is 0 Å². The van der Waals surface area contributed by atoms with Gasteiger partial charge < -0.3 is 14.5 Å². The first-order chi connectivity index (χ1) is 13.9. The van der Waals surface area contributed by atoms with Crippen LogP contribution in [0.5, 0.6) is 0 Å². The van der Waals surface area contributed by atoms with Crippen LogP contribution in [-0.4, -0.2) is 37.5 Å². The van der Waals surface area contributed by atoms with Crippen LogP contribution >= 0.6 is 11.3 Å². The van der Waals surface area contributed by atoms with Gasteiger partial charge in [-0.2, -0.15) is 5.26 Å². The molecule has 1 aliphatic rings. The number of ether oxygens (including phenoxy) is 1. The van der Waals surface area contributed by atoms with Crippen molar-refractivity contribution in [3.8, 4) is 6.07 Å². The van der Waals surface area contributed by atoms with Crippen molar-refractivity contribution in [1.82, 2.24) is 4.90 Å². The lowest BCUT2D eigenvalue weighted by Gasteiger charge is -2.14. The smallest absolute Gasteiger partial charge is 0.341 e. The zero-order chi connectivity index (χ0) is 21.0. The van der Waals surface area contributed by atoms with Gasteiger partial charge in [0.05, 0.1) is 19.2 Å².